The van der Waals surface area contributed by atoms with E-state index < -0.39 is 0 Å². The average molecular weight is 223 g/mol. The van der Waals surface area contributed by atoms with Crippen LogP contribution in [0, 0.1) is 6.92 Å². The maximum Gasteiger partial charge on any atom is 0.182 e. The first-order chi connectivity index (χ1) is 7.34. The molecule has 15 heavy (non-hydrogen) atoms. The quantitative estimate of drug-likeness (QED) is 0.781. The highest BCUT2D eigenvalue weighted by Crippen LogP contribution is 2.13. The Balaban J connectivity index is 1.67. The van der Waals surface area contributed by atoms with Gasteiger partial charge in [0.15, 0.2) is 5.13 Å². The van der Waals surface area contributed by atoms with Crippen molar-refractivity contribution in [2.24, 2.45) is 0 Å². The van der Waals surface area contributed by atoms with Gasteiger partial charge in [-0.3, -0.25) is 4.68 Å². The van der Waals surface area contributed by atoms with Crippen molar-refractivity contribution in [2.45, 2.75) is 19.9 Å². The van der Waals surface area contributed by atoms with Gasteiger partial charge in [0.1, 0.15) is 0 Å². The van der Waals surface area contributed by atoms with Crippen LogP contribution >= 0.6 is 11.3 Å². The molecule has 2 heterocycles. The van der Waals surface area contributed by atoms with Crippen LogP contribution in [0.1, 0.15) is 12.1 Å². The second-order valence-corrected chi connectivity index (χ2v) is 4.10. The molecule has 2 rings (SSSR count). The third-order valence-corrected chi connectivity index (χ3v) is 2.85. The van der Waals surface area contributed by atoms with E-state index in [0.717, 1.165) is 30.3 Å². The summed E-state index contributed by atoms with van der Waals surface area (Å²) in [7, 11) is 0. The Kier molecular flexibility index (Phi) is 3.29. The fourth-order valence-corrected chi connectivity index (χ4v) is 1.94. The zero-order chi connectivity index (χ0) is 10.5. The molecule has 80 valence electrons. The van der Waals surface area contributed by atoms with Crippen molar-refractivity contribution in [1.82, 2.24) is 20.0 Å². The standard InChI is InChI=1S/C9H13N5S/c1-8-7-15-9(12-8)10-3-2-5-14-6-4-11-13-14/h4,6-7H,2-3,5H2,1H3,(H,10,12). The van der Waals surface area contributed by atoms with Crippen molar-refractivity contribution in [3.05, 3.63) is 23.5 Å². The van der Waals surface area contributed by atoms with Crippen LogP contribution in [-0.4, -0.2) is 26.5 Å². The molecule has 0 unspecified atom stereocenters. The largest absolute Gasteiger partial charge is 0.361 e. The number of aryl methyl sites for hydroxylation is 2. The van der Waals surface area contributed by atoms with Gasteiger partial charge in [-0.2, -0.15) is 0 Å². The van der Waals surface area contributed by atoms with E-state index >= 15 is 0 Å². The van der Waals surface area contributed by atoms with Gasteiger partial charge < -0.3 is 5.32 Å². The molecule has 6 heteroatoms. The number of thiazole rings is 1. The summed E-state index contributed by atoms with van der Waals surface area (Å²) in [5.41, 5.74) is 1.07. The number of anilines is 1. The van der Waals surface area contributed by atoms with Crippen molar-refractivity contribution >= 4 is 16.5 Å². The fourth-order valence-electron chi connectivity index (χ4n) is 1.22. The molecule has 0 bridgehead atoms. The second kappa shape index (κ2) is 4.88. The first-order valence-electron chi connectivity index (χ1n) is 4.85. The van der Waals surface area contributed by atoms with Crippen molar-refractivity contribution in [3.8, 4) is 0 Å². The van der Waals surface area contributed by atoms with E-state index in [1.807, 2.05) is 23.2 Å². The van der Waals surface area contributed by atoms with E-state index in [4.69, 9.17) is 0 Å². The third-order valence-electron chi connectivity index (χ3n) is 1.93. The van der Waals surface area contributed by atoms with Gasteiger partial charge in [0, 0.05) is 24.7 Å². The highest BCUT2D eigenvalue weighted by atomic mass is 32.1. The van der Waals surface area contributed by atoms with Crippen LogP contribution in [-0.2, 0) is 6.54 Å². The molecule has 0 aliphatic heterocycles. The summed E-state index contributed by atoms with van der Waals surface area (Å²) in [4.78, 5) is 4.32. The van der Waals surface area contributed by atoms with E-state index in [1.165, 1.54) is 0 Å². The van der Waals surface area contributed by atoms with Gasteiger partial charge in [-0.25, -0.2) is 4.98 Å². The predicted molar refractivity (Wildman–Crippen MR) is 60.0 cm³/mol. The summed E-state index contributed by atoms with van der Waals surface area (Å²) in [5, 5.41) is 13.9. The van der Waals surface area contributed by atoms with Crippen LogP contribution in [0.15, 0.2) is 17.8 Å². The number of aromatic nitrogens is 4. The Bertz CT molecular complexity index is 394. The molecule has 0 aromatic carbocycles. The lowest BCUT2D eigenvalue weighted by atomic mass is 10.4. The lowest BCUT2D eigenvalue weighted by Crippen LogP contribution is -2.07. The van der Waals surface area contributed by atoms with E-state index in [-0.39, 0.29) is 0 Å². The van der Waals surface area contributed by atoms with Crippen LogP contribution in [0.3, 0.4) is 0 Å². The molecule has 0 fully saturated rings. The minimum absolute atomic E-state index is 0.886. The number of nitrogens with one attached hydrogen (secondary N) is 1. The topological polar surface area (TPSA) is 55.6 Å². The zero-order valence-corrected chi connectivity index (χ0v) is 9.37. The Hall–Kier alpha value is -1.43. The smallest absolute Gasteiger partial charge is 0.182 e. The molecule has 0 aliphatic rings. The van der Waals surface area contributed by atoms with Gasteiger partial charge in [0.25, 0.3) is 0 Å². The summed E-state index contributed by atoms with van der Waals surface area (Å²) >= 11 is 1.64. The molecule has 0 radical (unpaired) electrons. The molecular formula is C9H13N5S. The number of rotatable bonds is 5. The van der Waals surface area contributed by atoms with E-state index in [1.54, 1.807) is 17.5 Å². The minimum atomic E-state index is 0.886. The second-order valence-electron chi connectivity index (χ2n) is 3.24. The average Bonchev–Trinajstić information content (AvgIpc) is 2.84. The number of hydrogen-bond donors (Lipinski definition) is 1. The monoisotopic (exact) mass is 223 g/mol. The Labute approximate surface area is 92.2 Å². The molecule has 0 saturated carbocycles. The first-order valence-corrected chi connectivity index (χ1v) is 5.72. The van der Waals surface area contributed by atoms with Gasteiger partial charge in [-0.1, -0.05) is 5.21 Å². The van der Waals surface area contributed by atoms with E-state index in [9.17, 15) is 0 Å². The Morgan fingerprint density at radius 2 is 2.47 bits per heavy atom. The third kappa shape index (κ3) is 3.02. The van der Waals surface area contributed by atoms with Gasteiger partial charge in [0.2, 0.25) is 0 Å². The van der Waals surface area contributed by atoms with E-state index in [2.05, 4.69) is 20.6 Å². The highest BCUT2D eigenvalue weighted by molar-refractivity contribution is 7.13. The van der Waals surface area contributed by atoms with Crippen molar-refractivity contribution in [2.75, 3.05) is 11.9 Å². The number of hydrogen-bond acceptors (Lipinski definition) is 5. The fraction of sp³-hybridized carbons (Fsp3) is 0.444. The molecule has 0 saturated heterocycles. The molecule has 1 N–H and O–H groups in total. The molecule has 5 nitrogen and oxygen atoms in total. The molecule has 2 aromatic rings. The minimum Gasteiger partial charge on any atom is -0.361 e. The molecule has 2 aromatic heterocycles. The molecular weight excluding hydrogens is 210 g/mol. The molecule has 0 atom stereocenters. The van der Waals surface area contributed by atoms with Gasteiger partial charge in [0.05, 0.1) is 11.9 Å². The van der Waals surface area contributed by atoms with Gasteiger partial charge >= 0.3 is 0 Å². The maximum absolute atomic E-state index is 4.32. The summed E-state index contributed by atoms with van der Waals surface area (Å²) in [6.45, 7) is 3.79. The van der Waals surface area contributed by atoms with Crippen LogP contribution < -0.4 is 5.32 Å². The van der Waals surface area contributed by atoms with Crippen LogP contribution in [0.25, 0.3) is 0 Å². The first kappa shape index (κ1) is 10.1. The van der Waals surface area contributed by atoms with Gasteiger partial charge in [-0.15, -0.1) is 16.4 Å². The summed E-state index contributed by atoms with van der Waals surface area (Å²) in [6, 6.07) is 0. The number of nitrogens with zero attached hydrogens (tertiary/aromatic N) is 4. The van der Waals surface area contributed by atoms with Gasteiger partial charge in [-0.05, 0) is 13.3 Å². The predicted octanol–water partition coefficient (Wildman–Crippen LogP) is 1.55. The molecule has 0 spiro atoms. The van der Waals surface area contributed by atoms with Crippen molar-refractivity contribution in [1.29, 1.82) is 0 Å². The summed E-state index contributed by atoms with van der Waals surface area (Å²) in [5.74, 6) is 0. The van der Waals surface area contributed by atoms with Crippen molar-refractivity contribution in [3.63, 3.8) is 0 Å². The van der Waals surface area contributed by atoms with Crippen LogP contribution in [0.5, 0.6) is 0 Å². The van der Waals surface area contributed by atoms with Crippen LogP contribution in [0.4, 0.5) is 5.13 Å². The van der Waals surface area contributed by atoms with Crippen molar-refractivity contribution < 1.29 is 0 Å². The van der Waals surface area contributed by atoms with E-state index in [0.29, 0.717) is 0 Å². The normalized spacial score (nSPS) is 10.5. The summed E-state index contributed by atoms with van der Waals surface area (Å²) < 4.78 is 1.83. The lowest BCUT2D eigenvalue weighted by molar-refractivity contribution is 0.570. The lowest BCUT2D eigenvalue weighted by Gasteiger charge is -2.01. The van der Waals surface area contributed by atoms with Crippen LogP contribution in [0.2, 0.25) is 0 Å². The summed E-state index contributed by atoms with van der Waals surface area (Å²) in [6.07, 6.45) is 4.58. The zero-order valence-electron chi connectivity index (χ0n) is 8.55. The Morgan fingerprint density at radius 3 is 3.13 bits per heavy atom. The SMILES string of the molecule is Cc1csc(NCCCn2ccnn2)n1. The highest BCUT2D eigenvalue weighted by Gasteiger charge is 1.97. The maximum atomic E-state index is 4.32. The molecule has 0 amide bonds. The molecule has 0 aliphatic carbocycles. The Morgan fingerprint density at radius 1 is 1.53 bits per heavy atom.